The van der Waals surface area contributed by atoms with Crippen LogP contribution in [0.5, 0.6) is 0 Å². The number of alkyl halides is 1. The molecule has 82 valence electrons. The fourth-order valence-electron chi connectivity index (χ4n) is 0.921. The Morgan fingerprint density at radius 1 is 1.33 bits per heavy atom. The summed E-state index contributed by atoms with van der Waals surface area (Å²) >= 11 is 17.0. The standard InChI is InChI=1S/C9H9Cl3N2O/c10-3-4-13-9(15)14-8-5-6(11)1-2-7(8)12/h1-2,5H,3-4H2,(H2,13,14,15). The predicted molar refractivity (Wildman–Crippen MR) is 64.2 cm³/mol. The Morgan fingerprint density at radius 3 is 2.73 bits per heavy atom. The molecule has 0 spiro atoms. The Balaban J connectivity index is 2.63. The summed E-state index contributed by atoms with van der Waals surface area (Å²) in [7, 11) is 0. The SMILES string of the molecule is O=C(NCCCl)Nc1cc(Cl)ccc1Cl. The van der Waals surface area contributed by atoms with Gasteiger partial charge in [0.1, 0.15) is 0 Å². The third kappa shape index (κ3) is 4.16. The zero-order chi connectivity index (χ0) is 11.3. The van der Waals surface area contributed by atoms with E-state index in [1.807, 2.05) is 0 Å². The topological polar surface area (TPSA) is 41.1 Å². The number of nitrogens with one attached hydrogen (secondary N) is 2. The van der Waals surface area contributed by atoms with Gasteiger partial charge in [-0.1, -0.05) is 23.2 Å². The van der Waals surface area contributed by atoms with Crippen molar-refractivity contribution in [3.05, 3.63) is 28.2 Å². The first-order valence-electron chi connectivity index (χ1n) is 4.19. The first-order chi connectivity index (χ1) is 7.13. The summed E-state index contributed by atoms with van der Waals surface area (Å²) in [5.74, 6) is 0.358. The van der Waals surface area contributed by atoms with Crippen LogP contribution in [-0.2, 0) is 0 Å². The quantitative estimate of drug-likeness (QED) is 0.810. The highest BCUT2D eigenvalue weighted by Gasteiger charge is 2.05. The van der Waals surface area contributed by atoms with Crippen molar-refractivity contribution >= 4 is 46.5 Å². The molecule has 1 aromatic rings. The highest BCUT2D eigenvalue weighted by molar-refractivity contribution is 6.35. The lowest BCUT2D eigenvalue weighted by atomic mass is 10.3. The molecule has 0 atom stereocenters. The van der Waals surface area contributed by atoms with E-state index in [1.54, 1.807) is 18.2 Å². The number of hydrogen-bond acceptors (Lipinski definition) is 1. The largest absolute Gasteiger partial charge is 0.337 e. The Morgan fingerprint density at radius 2 is 2.07 bits per heavy atom. The van der Waals surface area contributed by atoms with Gasteiger partial charge in [-0.3, -0.25) is 0 Å². The molecule has 0 aliphatic rings. The molecule has 15 heavy (non-hydrogen) atoms. The van der Waals surface area contributed by atoms with Gasteiger partial charge >= 0.3 is 6.03 Å². The summed E-state index contributed by atoms with van der Waals surface area (Å²) in [6, 6.07) is 4.47. The van der Waals surface area contributed by atoms with Gasteiger partial charge < -0.3 is 10.6 Å². The van der Waals surface area contributed by atoms with Crippen LogP contribution >= 0.6 is 34.8 Å². The smallest absolute Gasteiger partial charge is 0.319 e. The van der Waals surface area contributed by atoms with Crippen molar-refractivity contribution in [2.24, 2.45) is 0 Å². The summed E-state index contributed by atoms with van der Waals surface area (Å²) in [6.07, 6.45) is 0. The predicted octanol–water partition coefficient (Wildman–Crippen LogP) is 3.35. The monoisotopic (exact) mass is 266 g/mol. The molecule has 0 aliphatic carbocycles. The molecule has 0 aromatic heterocycles. The molecule has 0 unspecified atom stereocenters. The van der Waals surface area contributed by atoms with Gasteiger partial charge in [-0.25, -0.2) is 4.79 Å². The molecule has 1 rings (SSSR count). The van der Waals surface area contributed by atoms with E-state index in [0.29, 0.717) is 28.2 Å². The van der Waals surface area contributed by atoms with E-state index in [2.05, 4.69) is 10.6 Å². The Hall–Kier alpha value is -0.640. The summed E-state index contributed by atoms with van der Waals surface area (Å²) in [5.41, 5.74) is 0.469. The van der Waals surface area contributed by atoms with E-state index in [-0.39, 0.29) is 6.03 Å². The molecule has 0 bridgehead atoms. The minimum Gasteiger partial charge on any atom is -0.337 e. The number of carbonyl (C=O) groups excluding carboxylic acids is 1. The Kier molecular flexibility index (Phi) is 5.02. The minimum absolute atomic E-state index is 0.358. The average molecular weight is 268 g/mol. The van der Waals surface area contributed by atoms with Gasteiger partial charge in [0.2, 0.25) is 0 Å². The van der Waals surface area contributed by atoms with Crippen molar-refractivity contribution in [2.45, 2.75) is 0 Å². The number of benzene rings is 1. The van der Waals surface area contributed by atoms with E-state index in [9.17, 15) is 4.79 Å². The van der Waals surface area contributed by atoms with Gasteiger partial charge in [0.05, 0.1) is 10.7 Å². The van der Waals surface area contributed by atoms with Crippen molar-refractivity contribution in [3.63, 3.8) is 0 Å². The van der Waals surface area contributed by atoms with E-state index in [4.69, 9.17) is 34.8 Å². The van der Waals surface area contributed by atoms with Crippen LogP contribution in [0.15, 0.2) is 18.2 Å². The molecule has 2 amide bonds. The van der Waals surface area contributed by atoms with Crippen molar-refractivity contribution in [1.82, 2.24) is 5.32 Å². The number of carbonyl (C=O) groups is 1. The molecule has 2 N–H and O–H groups in total. The number of rotatable bonds is 3. The van der Waals surface area contributed by atoms with Gasteiger partial charge in [0, 0.05) is 17.4 Å². The van der Waals surface area contributed by atoms with Crippen molar-refractivity contribution in [2.75, 3.05) is 17.7 Å². The molecule has 0 saturated heterocycles. The van der Waals surface area contributed by atoms with Gasteiger partial charge in [-0.15, -0.1) is 11.6 Å². The molecule has 0 saturated carbocycles. The van der Waals surface area contributed by atoms with Crippen LogP contribution < -0.4 is 10.6 Å². The zero-order valence-electron chi connectivity index (χ0n) is 7.69. The van der Waals surface area contributed by atoms with Crippen molar-refractivity contribution < 1.29 is 4.79 Å². The van der Waals surface area contributed by atoms with Crippen LogP contribution in [0, 0.1) is 0 Å². The second-order valence-corrected chi connectivity index (χ2v) is 3.92. The van der Waals surface area contributed by atoms with Crippen molar-refractivity contribution in [3.8, 4) is 0 Å². The Labute approximate surface area is 103 Å². The second-order valence-electron chi connectivity index (χ2n) is 2.69. The van der Waals surface area contributed by atoms with E-state index < -0.39 is 0 Å². The lowest BCUT2D eigenvalue weighted by Gasteiger charge is -2.08. The number of amides is 2. The van der Waals surface area contributed by atoms with Gasteiger partial charge in [-0.2, -0.15) is 0 Å². The summed E-state index contributed by atoms with van der Waals surface area (Å²) < 4.78 is 0. The summed E-state index contributed by atoms with van der Waals surface area (Å²) in [6.45, 7) is 0.394. The molecule has 0 aliphatic heterocycles. The van der Waals surface area contributed by atoms with E-state index in [1.165, 1.54) is 0 Å². The minimum atomic E-state index is -0.361. The first-order valence-corrected chi connectivity index (χ1v) is 5.48. The molecule has 0 radical (unpaired) electrons. The normalized spacial score (nSPS) is 9.80. The number of anilines is 1. The zero-order valence-corrected chi connectivity index (χ0v) is 9.96. The fraction of sp³-hybridized carbons (Fsp3) is 0.222. The van der Waals surface area contributed by atoms with Crippen LogP contribution in [-0.4, -0.2) is 18.5 Å². The van der Waals surface area contributed by atoms with Crippen LogP contribution in [0.3, 0.4) is 0 Å². The molecule has 3 nitrogen and oxygen atoms in total. The molecule has 1 aromatic carbocycles. The second kappa shape index (κ2) is 6.05. The number of urea groups is 1. The van der Waals surface area contributed by atoms with Crippen LogP contribution in [0.2, 0.25) is 10.0 Å². The number of hydrogen-bond donors (Lipinski definition) is 2. The van der Waals surface area contributed by atoms with Gasteiger partial charge in [-0.05, 0) is 18.2 Å². The summed E-state index contributed by atoms with van der Waals surface area (Å²) in [5, 5.41) is 6.04. The third-order valence-electron chi connectivity index (χ3n) is 1.56. The maximum Gasteiger partial charge on any atom is 0.319 e. The lowest BCUT2D eigenvalue weighted by molar-refractivity contribution is 0.252. The van der Waals surface area contributed by atoms with E-state index >= 15 is 0 Å². The average Bonchev–Trinajstić information content (AvgIpc) is 2.20. The summed E-state index contributed by atoms with van der Waals surface area (Å²) in [4.78, 5) is 11.3. The van der Waals surface area contributed by atoms with Crippen LogP contribution in [0.1, 0.15) is 0 Å². The maximum absolute atomic E-state index is 11.3. The van der Waals surface area contributed by atoms with E-state index in [0.717, 1.165) is 0 Å². The van der Waals surface area contributed by atoms with Gasteiger partial charge in [0.15, 0.2) is 0 Å². The highest BCUT2D eigenvalue weighted by atomic mass is 35.5. The fourth-order valence-corrected chi connectivity index (χ4v) is 1.35. The first kappa shape index (κ1) is 12.4. The molecule has 0 heterocycles. The molecular formula is C9H9Cl3N2O. The van der Waals surface area contributed by atoms with Crippen LogP contribution in [0.25, 0.3) is 0 Å². The number of halogens is 3. The van der Waals surface area contributed by atoms with Crippen LogP contribution in [0.4, 0.5) is 10.5 Å². The third-order valence-corrected chi connectivity index (χ3v) is 2.31. The highest BCUT2D eigenvalue weighted by Crippen LogP contribution is 2.25. The molecule has 0 fully saturated rings. The maximum atomic E-state index is 11.3. The molecular weight excluding hydrogens is 258 g/mol. The lowest BCUT2D eigenvalue weighted by Crippen LogP contribution is -2.30. The van der Waals surface area contributed by atoms with Gasteiger partial charge in [0.25, 0.3) is 0 Å². The Bertz CT molecular complexity index is 357. The molecule has 6 heteroatoms. The van der Waals surface area contributed by atoms with Crippen molar-refractivity contribution in [1.29, 1.82) is 0 Å².